The third-order valence-corrected chi connectivity index (χ3v) is 7.57. The van der Waals surface area contributed by atoms with Gasteiger partial charge in [0.2, 0.25) is 0 Å². The topological polar surface area (TPSA) is 84.9 Å². The van der Waals surface area contributed by atoms with E-state index in [9.17, 15) is 14.4 Å². The van der Waals surface area contributed by atoms with Gasteiger partial charge in [-0.2, -0.15) is 0 Å². The Morgan fingerprint density at radius 1 is 1.00 bits per heavy atom. The van der Waals surface area contributed by atoms with Crippen molar-refractivity contribution in [1.82, 2.24) is 4.90 Å². The van der Waals surface area contributed by atoms with Crippen molar-refractivity contribution in [3.8, 4) is 11.5 Å². The summed E-state index contributed by atoms with van der Waals surface area (Å²) in [6.07, 6.45) is 1.58. The molecule has 1 N–H and O–H groups in total. The molecular formula is C27H21Cl3N2O5S. The minimum absolute atomic E-state index is 0.0343. The lowest BCUT2D eigenvalue weighted by Crippen LogP contribution is -2.27. The molecule has 3 aromatic rings. The Balaban J connectivity index is 1.43. The third kappa shape index (κ3) is 6.45. The van der Waals surface area contributed by atoms with Crippen molar-refractivity contribution in [3.05, 3.63) is 91.3 Å². The summed E-state index contributed by atoms with van der Waals surface area (Å²) in [7, 11) is 1.46. The highest BCUT2D eigenvalue weighted by Crippen LogP contribution is 2.37. The number of carbonyl (C=O) groups excluding carboxylic acids is 3. The fraction of sp³-hybridized carbons (Fsp3) is 0.148. The highest BCUT2D eigenvalue weighted by Gasteiger charge is 2.35. The Bertz CT molecular complexity index is 1440. The maximum absolute atomic E-state index is 13.0. The minimum Gasteiger partial charge on any atom is -0.493 e. The van der Waals surface area contributed by atoms with E-state index in [1.54, 1.807) is 60.7 Å². The molecule has 3 aromatic carbocycles. The normalized spacial score (nSPS) is 14.2. The van der Waals surface area contributed by atoms with Crippen LogP contribution in [-0.2, 0) is 16.1 Å². The maximum Gasteiger partial charge on any atom is 0.293 e. The standard InChI is InChI=1S/C27H21Cl3N2O5S/c1-15-6-8-17(12-21(15)30)31-25(33)14-37-22-9-7-16(10-23(22)36-2)11-24-26(34)32(27(35)38-24)13-18-19(28)4-3-5-20(18)29/h3-12H,13-14H2,1-2H3,(H,31,33)/b24-11-. The largest absolute Gasteiger partial charge is 0.493 e. The summed E-state index contributed by atoms with van der Waals surface area (Å²) in [6, 6.07) is 15.2. The van der Waals surface area contributed by atoms with Gasteiger partial charge in [-0.25, -0.2) is 0 Å². The maximum atomic E-state index is 13.0. The number of nitrogens with zero attached hydrogens (tertiary/aromatic N) is 1. The molecule has 196 valence electrons. The molecule has 1 fully saturated rings. The van der Waals surface area contributed by atoms with Crippen molar-refractivity contribution < 1.29 is 23.9 Å². The smallest absolute Gasteiger partial charge is 0.293 e. The van der Waals surface area contributed by atoms with Gasteiger partial charge in [-0.15, -0.1) is 0 Å². The lowest BCUT2D eigenvalue weighted by atomic mass is 10.1. The first-order valence-corrected chi connectivity index (χ1v) is 13.2. The Labute approximate surface area is 238 Å². The first kappa shape index (κ1) is 27.9. The lowest BCUT2D eigenvalue weighted by Gasteiger charge is -2.14. The van der Waals surface area contributed by atoms with E-state index in [-0.39, 0.29) is 24.0 Å². The second-order valence-electron chi connectivity index (χ2n) is 8.18. The second kappa shape index (κ2) is 12.1. The van der Waals surface area contributed by atoms with Crippen LogP contribution in [0.1, 0.15) is 16.7 Å². The van der Waals surface area contributed by atoms with E-state index in [0.29, 0.717) is 43.4 Å². The van der Waals surface area contributed by atoms with E-state index >= 15 is 0 Å². The first-order chi connectivity index (χ1) is 18.2. The van der Waals surface area contributed by atoms with Gasteiger partial charge < -0.3 is 14.8 Å². The number of imide groups is 1. The number of carbonyl (C=O) groups is 3. The van der Waals surface area contributed by atoms with Crippen molar-refractivity contribution in [2.45, 2.75) is 13.5 Å². The molecule has 0 spiro atoms. The summed E-state index contributed by atoms with van der Waals surface area (Å²) < 4.78 is 11.0. The molecule has 4 rings (SSSR count). The average Bonchev–Trinajstić information content (AvgIpc) is 3.14. The van der Waals surface area contributed by atoms with E-state index in [1.807, 2.05) is 6.92 Å². The first-order valence-electron chi connectivity index (χ1n) is 11.2. The van der Waals surface area contributed by atoms with Crippen LogP contribution >= 0.6 is 46.6 Å². The molecule has 0 bridgehead atoms. The van der Waals surface area contributed by atoms with Gasteiger partial charge >= 0.3 is 0 Å². The van der Waals surface area contributed by atoms with E-state index < -0.39 is 11.1 Å². The van der Waals surface area contributed by atoms with Gasteiger partial charge in [-0.1, -0.05) is 53.0 Å². The monoisotopic (exact) mass is 590 g/mol. The van der Waals surface area contributed by atoms with E-state index in [2.05, 4.69) is 5.32 Å². The van der Waals surface area contributed by atoms with Crippen molar-refractivity contribution in [3.63, 3.8) is 0 Å². The van der Waals surface area contributed by atoms with E-state index in [0.717, 1.165) is 22.2 Å². The molecule has 38 heavy (non-hydrogen) atoms. The van der Waals surface area contributed by atoms with Crippen LogP contribution in [0.3, 0.4) is 0 Å². The van der Waals surface area contributed by atoms with Crippen LogP contribution in [0, 0.1) is 6.92 Å². The molecule has 0 atom stereocenters. The van der Waals surface area contributed by atoms with Crippen LogP contribution in [0.25, 0.3) is 6.08 Å². The van der Waals surface area contributed by atoms with Crippen molar-refractivity contribution in [2.24, 2.45) is 0 Å². The molecule has 0 aliphatic carbocycles. The zero-order valence-corrected chi connectivity index (χ0v) is 23.3. The van der Waals surface area contributed by atoms with Crippen LogP contribution in [0.15, 0.2) is 59.5 Å². The third-order valence-electron chi connectivity index (χ3n) is 5.55. The molecule has 3 amide bonds. The summed E-state index contributed by atoms with van der Waals surface area (Å²) in [5.74, 6) is -0.137. The number of halogens is 3. The number of amides is 3. The van der Waals surface area contributed by atoms with Crippen LogP contribution in [0.4, 0.5) is 10.5 Å². The number of nitrogens with one attached hydrogen (secondary N) is 1. The van der Waals surface area contributed by atoms with Crippen LogP contribution in [-0.4, -0.2) is 35.7 Å². The molecule has 1 heterocycles. The molecule has 0 unspecified atom stereocenters. The number of methoxy groups -OCH3 is 1. The Hall–Kier alpha value is -3.17. The average molecular weight is 592 g/mol. The molecule has 0 aromatic heterocycles. The number of aryl methyl sites for hydroxylation is 1. The van der Waals surface area contributed by atoms with Gasteiger partial charge in [-0.3, -0.25) is 19.3 Å². The molecule has 1 saturated heterocycles. The molecule has 1 aliphatic rings. The zero-order chi connectivity index (χ0) is 27.4. The number of ether oxygens (including phenoxy) is 2. The van der Waals surface area contributed by atoms with Crippen molar-refractivity contribution >= 4 is 75.4 Å². The van der Waals surface area contributed by atoms with Crippen molar-refractivity contribution in [1.29, 1.82) is 0 Å². The SMILES string of the molecule is COc1cc(/C=C2\SC(=O)N(Cc3c(Cl)cccc3Cl)C2=O)ccc1OCC(=O)Nc1ccc(C)c(Cl)c1. The predicted octanol–water partition coefficient (Wildman–Crippen LogP) is 7.22. The molecule has 1 aliphatic heterocycles. The molecule has 0 saturated carbocycles. The van der Waals surface area contributed by atoms with Crippen LogP contribution < -0.4 is 14.8 Å². The van der Waals surface area contributed by atoms with Gasteiger partial charge in [-0.05, 0) is 72.3 Å². The van der Waals surface area contributed by atoms with Crippen LogP contribution in [0.2, 0.25) is 15.1 Å². The predicted molar refractivity (Wildman–Crippen MR) is 151 cm³/mol. The van der Waals surface area contributed by atoms with E-state index in [1.165, 1.54) is 7.11 Å². The van der Waals surface area contributed by atoms with Gasteiger partial charge in [0.1, 0.15) is 0 Å². The number of benzene rings is 3. The van der Waals surface area contributed by atoms with Gasteiger partial charge in [0.25, 0.3) is 17.1 Å². The van der Waals surface area contributed by atoms with Gasteiger partial charge in [0.15, 0.2) is 18.1 Å². The highest BCUT2D eigenvalue weighted by molar-refractivity contribution is 8.18. The number of anilines is 1. The van der Waals surface area contributed by atoms with Gasteiger partial charge in [0, 0.05) is 26.3 Å². The molecule has 7 nitrogen and oxygen atoms in total. The summed E-state index contributed by atoms with van der Waals surface area (Å²) in [4.78, 5) is 39.2. The minimum atomic E-state index is -0.455. The summed E-state index contributed by atoms with van der Waals surface area (Å²) >= 11 is 19.3. The molecular weight excluding hydrogens is 571 g/mol. The quantitative estimate of drug-likeness (QED) is 0.279. The van der Waals surface area contributed by atoms with Gasteiger partial charge in [0.05, 0.1) is 18.6 Å². The number of hydrogen-bond donors (Lipinski definition) is 1. The number of hydrogen-bond acceptors (Lipinski definition) is 6. The Kier molecular flexibility index (Phi) is 8.89. The lowest BCUT2D eigenvalue weighted by molar-refractivity contribution is -0.123. The summed E-state index contributed by atoms with van der Waals surface area (Å²) in [6.45, 7) is 1.58. The second-order valence-corrected chi connectivity index (χ2v) is 10.4. The van der Waals surface area contributed by atoms with Crippen molar-refractivity contribution in [2.75, 3.05) is 19.0 Å². The highest BCUT2D eigenvalue weighted by atomic mass is 35.5. The molecule has 0 radical (unpaired) electrons. The van der Waals surface area contributed by atoms with Crippen LogP contribution in [0.5, 0.6) is 11.5 Å². The number of thioether (sulfide) groups is 1. The molecule has 11 heteroatoms. The fourth-order valence-electron chi connectivity index (χ4n) is 3.53. The Morgan fingerprint density at radius 2 is 1.74 bits per heavy atom. The Morgan fingerprint density at radius 3 is 2.42 bits per heavy atom. The zero-order valence-electron chi connectivity index (χ0n) is 20.2. The number of rotatable bonds is 8. The summed E-state index contributed by atoms with van der Waals surface area (Å²) in [5.41, 5.74) is 2.56. The summed E-state index contributed by atoms with van der Waals surface area (Å²) in [5, 5.41) is 3.59. The fourth-order valence-corrected chi connectivity index (χ4v) is 5.07. The van der Waals surface area contributed by atoms with E-state index in [4.69, 9.17) is 44.3 Å².